The van der Waals surface area contributed by atoms with Crippen molar-refractivity contribution in [3.63, 3.8) is 0 Å². The number of aryl methyl sites for hydroxylation is 1. The molecule has 2 aromatic rings. The SMILES string of the molecule is Cc1cncc(C(=O)Cc2c(F)ccc(Br)c2F)c1. The van der Waals surface area contributed by atoms with Gasteiger partial charge in [0.2, 0.25) is 0 Å². The summed E-state index contributed by atoms with van der Waals surface area (Å²) in [6, 6.07) is 4.04. The van der Waals surface area contributed by atoms with Crippen molar-refractivity contribution in [3.05, 3.63) is 63.4 Å². The summed E-state index contributed by atoms with van der Waals surface area (Å²) in [5, 5.41) is 0. The summed E-state index contributed by atoms with van der Waals surface area (Å²) in [6.07, 6.45) is 2.67. The quantitative estimate of drug-likeness (QED) is 0.633. The maximum atomic E-state index is 13.8. The molecule has 0 saturated carbocycles. The van der Waals surface area contributed by atoms with E-state index in [1.165, 1.54) is 12.3 Å². The Labute approximate surface area is 117 Å². The van der Waals surface area contributed by atoms with Crippen LogP contribution in [0.15, 0.2) is 35.1 Å². The first-order valence-electron chi connectivity index (χ1n) is 5.56. The van der Waals surface area contributed by atoms with Crippen LogP contribution in [0.25, 0.3) is 0 Å². The van der Waals surface area contributed by atoms with E-state index in [4.69, 9.17) is 0 Å². The molecule has 0 aliphatic carbocycles. The molecule has 0 saturated heterocycles. The fraction of sp³-hybridized carbons (Fsp3) is 0.143. The highest BCUT2D eigenvalue weighted by Gasteiger charge is 2.17. The van der Waals surface area contributed by atoms with Crippen LogP contribution in [-0.4, -0.2) is 10.8 Å². The van der Waals surface area contributed by atoms with Gasteiger partial charge in [0.25, 0.3) is 0 Å². The van der Waals surface area contributed by atoms with Gasteiger partial charge in [0.15, 0.2) is 5.78 Å². The van der Waals surface area contributed by atoms with Crippen molar-refractivity contribution in [3.8, 4) is 0 Å². The first kappa shape index (κ1) is 13.8. The summed E-state index contributed by atoms with van der Waals surface area (Å²) in [6.45, 7) is 1.80. The Kier molecular flexibility index (Phi) is 4.04. The Bertz CT molecular complexity index is 643. The van der Waals surface area contributed by atoms with Crippen LogP contribution < -0.4 is 0 Å². The number of hydrogen-bond donors (Lipinski definition) is 0. The van der Waals surface area contributed by atoms with Gasteiger partial charge in [0, 0.05) is 29.9 Å². The normalized spacial score (nSPS) is 10.5. The number of rotatable bonds is 3. The summed E-state index contributed by atoms with van der Waals surface area (Å²) in [4.78, 5) is 15.9. The molecule has 0 amide bonds. The highest BCUT2D eigenvalue weighted by Crippen LogP contribution is 2.23. The number of carbonyl (C=O) groups is 1. The zero-order valence-corrected chi connectivity index (χ0v) is 11.7. The van der Waals surface area contributed by atoms with Gasteiger partial charge in [0.1, 0.15) is 11.6 Å². The highest BCUT2D eigenvalue weighted by atomic mass is 79.9. The van der Waals surface area contributed by atoms with Gasteiger partial charge in [-0.15, -0.1) is 0 Å². The standard InChI is InChI=1S/C14H10BrF2NO/c1-8-4-9(7-18-6-8)13(19)5-10-12(16)3-2-11(15)14(10)17/h2-4,6-7H,5H2,1H3. The van der Waals surface area contributed by atoms with Crippen LogP contribution in [0.5, 0.6) is 0 Å². The molecule has 0 aliphatic rings. The van der Waals surface area contributed by atoms with Crippen LogP contribution in [0.2, 0.25) is 0 Å². The van der Waals surface area contributed by atoms with Crippen molar-refractivity contribution in [2.45, 2.75) is 13.3 Å². The van der Waals surface area contributed by atoms with Gasteiger partial charge in [-0.1, -0.05) is 0 Å². The van der Waals surface area contributed by atoms with Crippen LogP contribution >= 0.6 is 15.9 Å². The minimum absolute atomic E-state index is 0.138. The van der Waals surface area contributed by atoms with Gasteiger partial charge in [-0.25, -0.2) is 8.78 Å². The zero-order chi connectivity index (χ0) is 14.0. The van der Waals surface area contributed by atoms with Gasteiger partial charge in [0.05, 0.1) is 4.47 Å². The summed E-state index contributed by atoms with van der Waals surface area (Å²) >= 11 is 2.97. The van der Waals surface area contributed by atoms with E-state index in [9.17, 15) is 13.6 Å². The second-order valence-electron chi connectivity index (χ2n) is 4.17. The van der Waals surface area contributed by atoms with Crippen LogP contribution in [0.4, 0.5) is 8.78 Å². The summed E-state index contributed by atoms with van der Waals surface area (Å²) in [5.74, 6) is -1.84. The largest absolute Gasteiger partial charge is 0.294 e. The summed E-state index contributed by atoms with van der Waals surface area (Å²) in [5.41, 5.74) is 0.931. The minimum atomic E-state index is -0.742. The molecule has 5 heteroatoms. The van der Waals surface area contributed by atoms with Crippen molar-refractivity contribution in [1.82, 2.24) is 4.98 Å². The summed E-state index contributed by atoms with van der Waals surface area (Å²) < 4.78 is 27.5. The third-order valence-corrected chi connectivity index (χ3v) is 3.29. The van der Waals surface area contributed by atoms with E-state index >= 15 is 0 Å². The minimum Gasteiger partial charge on any atom is -0.294 e. The van der Waals surface area contributed by atoms with Gasteiger partial charge in [-0.05, 0) is 46.6 Å². The van der Waals surface area contributed by atoms with E-state index in [-0.39, 0.29) is 22.2 Å². The number of benzene rings is 1. The highest BCUT2D eigenvalue weighted by molar-refractivity contribution is 9.10. The number of aromatic nitrogens is 1. The second kappa shape index (κ2) is 5.57. The Morgan fingerprint density at radius 1 is 1.32 bits per heavy atom. The lowest BCUT2D eigenvalue weighted by molar-refractivity contribution is 0.0990. The number of carbonyl (C=O) groups excluding carboxylic acids is 1. The van der Waals surface area contributed by atoms with E-state index < -0.39 is 11.6 Å². The molecular formula is C14H10BrF2NO. The maximum Gasteiger partial charge on any atom is 0.169 e. The van der Waals surface area contributed by atoms with Crippen molar-refractivity contribution < 1.29 is 13.6 Å². The predicted octanol–water partition coefficient (Wildman–Crippen LogP) is 3.86. The zero-order valence-electron chi connectivity index (χ0n) is 10.1. The Balaban J connectivity index is 2.32. The molecule has 1 aromatic heterocycles. The summed E-state index contributed by atoms with van der Waals surface area (Å²) in [7, 11) is 0. The molecule has 0 radical (unpaired) electrons. The first-order chi connectivity index (χ1) is 8.99. The molecule has 1 heterocycles. The third-order valence-electron chi connectivity index (χ3n) is 2.67. The molecule has 0 spiro atoms. The Morgan fingerprint density at radius 2 is 2.05 bits per heavy atom. The topological polar surface area (TPSA) is 30.0 Å². The van der Waals surface area contributed by atoms with E-state index in [1.807, 2.05) is 0 Å². The molecule has 98 valence electrons. The number of Topliss-reactive ketones (excluding diaryl/α,β-unsaturated/α-hetero) is 1. The lowest BCUT2D eigenvalue weighted by Gasteiger charge is -2.06. The van der Waals surface area contributed by atoms with Gasteiger partial charge >= 0.3 is 0 Å². The average Bonchev–Trinajstić information content (AvgIpc) is 2.39. The number of nitrogens with zero attached hydrogens (tertiary/aromatic N) is 1. The second-order valence-corrected chi connectivity index (χ2v) is 5.03. The van der Waals surface area contributed by atoms with Crippen LogP contribution in [0, 0.1) is 18.6 Å². The van der Waals surface area contributed by atoms with Crippen molar-refractivity contribution in [1.29, 1.82) is 0 Å². The lowest BCUT2D eigenvalue weighted by Crippen LogP contribution is -2.08. The fourth-order valence-electron chi connectivity index (χ4n) is 1.70. The number of pyridine rings is 1. The van der Waals surface area contributed by atoms with Gasteiger partial charge in [-0.2, -0.15) is 0 Å². The molecule has 0 unspecified atom stereocenters. The third kappa shape index (κ3) is 3.04. The molecule has 2 nitrogen and oxygen atoms in total. The van der Waals surface area contributed by atoms with Crippen LogP contribution in [0.1, 0.15) is 21.5 Å². The smallest absolute Gasteiger partial charge is 0.169 e. The van der Waals surface area contributed by atoms with Gasteiger partial charge in [-0.3, -0.25) is 9.78 Å². The number of hydrogen-bond acceptors (Lipinski definition) is 2. The molecule has 1 aromatic carbocycles. The molecule has 0 atom stereocenters. The molecule has 0 bridgehead atoms. The van der Waals surface area contributed by atoms with Gasteiger partial charge < -0.3 is 0 Å². The lowest BCUT2D eigenvalue weighted by atomic mass is 10.0. The fourth-order valence-corrected chi connectivity index (χ4v) is 2.07. The molecule has 0 aliphatic heterocycles. The van der Waals surface area contributed by atoms with E-state index in [0.717, 1.165) is 11.6 Å². The number of halogens is 3. The molecule has 0 N–H and O–H groups in total. The number of ketones is 1. The van der Waals surface area contributed by atoms with Crippen LogP contribution in [-0.2, 0) is 6.42 Å². The van der Waals surface area contributed by atoms with E-state index in [1.54, 1.807) is 19.2 Å². The Morgan fingerprint density at radius 3 is 2.74 bits per heavy atom. The molecular weight excluding hydrogens is 316 g/mol. The van der Waals surface area contributed by atoms with Crippen molar-refractivity contribution in [2.24, 2.45) is 0 Å². The Hall–Kier alpha value is -1.62. The van der Waals surface area contributed by atoms with E-state index in [2.05, 4.69) is 20.9 Å². The first-order valence-corrected chi connectivity index (χ1v) is 6.35. The van der Waals surface area contributed by atoms with Crippen molar-refractivity contribution >= 4 is 21.7 Å². The van der Waals surface area contributed by atoms with Crippen molar-refractivity contribution in [2.75, 3.05) is 0 Å². The average molecular weight is 326 g/mol. The van der Waals surface area contributed by atoms with Crippen LogP contribution in [0.3, 0.4) is 0 Å². The van der Waals surface area contributed by atoms with E-state index in [0.29, 0.717) is 5.56 Å². The monoisotopic (exact) mass is 325 g/mol. The molecule has 0 fully saturated rings. The molecule has 19 heavy (non-hydrogen) atoms. The predicted molar refractivity (Wildman–Crippen MR) is 71.1 cm³/mol. The molecule has 2 rings (SSSR count). The maximum absolute atomic E-state index is 13.8.